The Balaban J connectivity index is 2.39. The van der Waals surface area contributed by atoms with Crippen molar-refractivity contribution in [3.8, 4) is 0 Å². The van der Waals surface area contributed by atoms with Gasteiger partial charge in [0.15, 0.2) is 0 Å². The molecule has 0 saturated heterocycles. The fourth-order valence-corrected chi connectivity index (χ4v) is 4.71. The number of hydrogen-bond acceptors (Lipinski definition) is 3. The molecule has 0 aromatic heterocycles. The molecule has 0 radical (unpaired) electrons. The van der Waals surface area contributed by atoms with Crippen molar-refractivity contribution in [3.05, 3.63) is 58.6 Å². The van der Waals surface area contributed by atoms with E-state index in [0.29, 0.717) is 11.8 Å². The fourth-order valence-electron chi connectivity index (χ4n) is 2.74. The topological polar surface area (TPSA) is 66.5 Å². The van der Waals surface area contributed by atoms with E-state index in [-0.39, 0.29) is 11.6 Å². The van der Waals surface area contributed by atoms with Crippen LogP contribution in [0.1, 0.15) is 25.0 Å². The second-order valence-electron chi connectivity index (χ2n) is 6.38. The Hall–Kier alpha value is -2.10. The zero-order chi connectivity index (χ0) is 22.0. The SMILES string of the molecule is CCN([C@H](C)C(=O)Nc1ccc(C)cc1)S(=O)(=O)c1ccc(Cl)cc1C(F)(F)F. The molecule has 0 spiro atoms. The predicted molar refractivity (Wildman–Crippen MR) is 105 cm³/mol. The third-order valence-corrected chi connectivity index (χ3v) is 6.61. The van der Waals surface area contributed by atoms with Crippen LogP contribution in [0, 0.1) is 6.92 Å². The van der Waals surface area contributed by atoms with Crippen LogP contribution >= 0.6 is 11.6 Å². The Labute approximate surface area is 172 Å². The van der Waals surface area contributed by atoms with Crippen LogP contribution in [0.4, 0.5) is 18.9 Å². The van der Waals surface area contributed by atoms with E-state index in [1.165, 1.54) is 13.8 Å². The summed E-state index contributed by atoms with van der Waals surface area (Å²) in [4.78, 5) is 11.6. The Morgan fingerprint density at radius 3 is 2.28 bits per heavy atom. The maximum atomic E-state index is 13.4. The maximum absolute atomic E-state index is 13.4. The Kier molecular flexibility index (Phi) is 6.97. The van der Waals surface area contributed by atoms with E-state index in [1.807, 2.05) is 6.92 Å². The summed E-state index contributed by atoms with van der Waals surface area (Å²) in [5.74, 6) is -0.665. The lowest BCUT2D eigenvalue weighted by atomic mass is 10.2. The Morgan fingerprint density at radius 2 is 1.76 bits per heavy atom. The van der Waals surface area contributed by atoms with Gasteiger partial charge in [-0.05, 0) is 44.2 Å². The van der Waals surface area contributed by atoms with E-state index < -0.39 is 38.6 Å². The van der Waals surface area contributed by atoms with Gasteiger partial charge in [-0.1, -0.05) is 36.2 Å². The van der Waals surface area contributed by atoms with E-state index in [9.17, 15) is 26.4 Å². The molecule has 0 fully saturated rings. The summed E-state index contributed by atoms with van der Waals surface area (Å²) in [7, 11) is -4.63. The van der Waals surface area contributed by atoms with Gasteiger partial charge in [-0.3, -0.25) is 4.79 Å². The van der Waals surface area contributed by atoms with Crippen LogP contribution in [0.5, 0.6) is 0 Å². The van der Waals surface area contributed by atoms with Gasteiger partial charge < -0.3 is 5.32 Å². The van der Waals surface area contributed by atoms with Gasteiger partial charge in [-0.25, -0.2) is 8.42 Å². The summed E-state index contributed by atoms with van der Waals surface area (Å²) >= 11 is 5.63. The lowest BCUT2D eigenvalue weighted by Gasteiger charge is -2.27. The number of hydrogen-bond donors (Lipinski definition) is 1. The van der Waals surface area contributed by atoms with E-state index in [4.69, 9.17) is 11.6 Å². The number of carbonyl (C=O) groups is 1. The molecule has 1 amide bonds. The quantitative estimate of drug-likeness (QED) is 0.696. The minimum Gasteiger partial charge on any atom is -0.325 e. The van der Waals surface area contributed by atoms with Crippen molar-refractivity contribution in [1.82, 2.24) is 4.31 Å². The molecular weight excluding hydrogens is 429 g/mol. The molecule has 1 atom stereocenters. The van der Waals surface area contributed by atoms with Gasteiger partial charge in [0.2, 0.25) is 15.9 Å². The van der Waals surface area contributed by atoms with Crippen molar-refractivity contribution >= 4 is 33.2 Å². The van der Waals surface area contributed by atoms with Gasteiger partial charge in [0.05, 0.1) is 10.5 Å². The molecule has 0 bridgehead atoms. The second-order valence-corrected chi connectivity index (χ2v) is 8.67. The van der Waals surface area contributed by atoms with Crippen LogP contribution in [0.2, 0.25) is 5.02 Å². The van der Waals surface area contributed by atoms with E-state index in [1.54, 1.807) is 24.3 Å². The number of sulfonamides is 1. The van der Waals surface area contributed by atoms with Crippen LogP contribution in [0.15, 0.2) is 47.4 Å². The normalized spacial score (nSPS) is 13.4. The molecule has 0 unspecified atom stereocenters. The van der Waals surface area contributed by atoms with Crippen LogP contribution in [-0.4, -0.2) is 31.2 Å². The maximum Gasteiger partial charge on any atom is 0.417 e. The first-order chi connectivity index (χ1) is 13.4. The number of rotatable bonds is 6. The third kappa shape index (κ3) is 5.29. The fraction of sp³-hybridized carbons (Fsp3) is 0.316. The van der Waals surface area contributed by atoms with Gasteiger partial charge in [0.1, 0.15) is 6.04 Å². The zero-order valence-electron chi connectivity index (χ0n) is 15.9. The molecule has 1 N–H and O–H groups in total. The lowest BCUT2D eigenvalue weighted by Crippen LogP contribution is -2.45. The second kappa shape index (κ2) is 8.73. The molecule has 10 heteroatoms. The summed E-state index contributed by atoms with van der Waals surface area (Å²) in [5, 5.41) is 2.33. The van der Waals surface area contributed by atoms with Gasteiger partial charge in [0, 0.05) is 17.3 Å². The average Bonchev–Trinajstić information content (AvgIpc) is 2.62. The van der Waals surface area contributed by atoms with Gasteiger partial charge in [-0.15, -0.1) is 0 Å². The van der Waals surface area contributed by atoms with Crippen molar-refractivity contribution < 1.29 is 26.4 Å². The van der Waals surface area contributed by atoms with Crippen molar-refractivity contribution in [3.63, 3.8) is 0 Å². The summed E-state index contributed by atoms with van der Waals surface area (Å²) in [6, 6.07) is 7.98. The lowest BCUT2D eigenvalue weighted by molar-refractivity contribution is -0.139. The van der Waals surface area contributed by atoms with Crippen molar-refractivity contribution in [2.75, 3.05) is 11.9 Å². The van der Waals surface area contributed by atoms with E-state index >= 15 is 0 Å². The number of nitrogens with zero attached hydrogens (tertiary/aromatic N) is 1. The van der Waals surface area contributed by atoms with E-state index in [0.717, 1.165) is 22.0 Å². The molecule has 29 heavy (non-hydrogen) atoms. The number of halogens is 4. The predicted octanol–water partition coefficient (Wildman–Crippen LogP) is 4.71. The first-order valence-electron chi connectivity index (χ1n) is 8.64. The van der Waals surface area contributed by atoms with Crippen LogP contribution < -0.4 is 5.32 Å². The number of alkyl halides is 3. The summed E-state index contributed by atoms with van der Waals surface area (Å²) in [6.07, 6.45) is -4.93. The summed E-state index contributed by atoms with van der Waals surface area (Å²) in [6.45, 7) is 4.42. The molecular formula is C19H20ClF3N2O3S. The smallest absolute Gasteiger partial charge is 0.325 e. The molecule has 0 aliphatic carbocycles. The molecule has 158 valence electrons. The Morgan fingerprint density at radius 1 is 1.17 bits per heavy atom. The minimum atomic E-state index is -4.93. The molecule has 0 aliphatic heterocycles. The van der Waals surface area contributed by atoms with E-state index in [2.05, 4.69) is 5.32 Å². The first-order valence-corrected chi connectivity index (χ1v) is 10.5. The van der Waals surface area contributed by atoms with Crippen LogP contribution in [0.3, 0.4) is 0 Å². The van der Waals surface area contributed by atoms with Gasteiger partial charge in [-0.2, -0.15) is 17.5 Å². The van der Waals surface area contributed by atoms with Crippen molar-refractivity contribution in [2.24, 2.45) is 0 Å². The largest absolute Gasteiger partial charge is 0.417 e. The molecule has 2 rings (SSSR count). The highest BCUT2D eigenvalue weighted by Crippen LogP contribution is 2.37. The number of likely N-dealkylation sites (N-methyl/N-ethyl adjacent to an activating group) is 1. The minimum absolute atomic E-state index is 0.204. The number of carbonyl (C=O) groups excluding carboxylic acids is 1. The molecule has 0 aliphatic rings. The highest BCUT2D eigenvalue weighted by atomic mass is 35.5. The number of amides is 1. The van der Waals surface area contributed by atoms with Crippen LogP contribution in [0.25, 0.3) is 0 Å². The highest BCUT2D eigenvalue weighted by molar-refractivity contribution is 7.89. The standard InChI is InChI=1S/C19H20ClF3N2O3S/c1-4-25(13(3)18(26)24-15-8-5-12(2)6-9-15)29(27,28)17-10-7-14(20)11-16(17)19(21,22)23/h5-11,13H,4H2,1-3H3,(H,24,26)/t13-/m1/s1. The molecule has 0 saturated carbocycles. The Bertz CT molecular complexity index is 993. The zero-order valence-corrected chi connectivity index (χ0v) is 17.5. The molecule has 2 aromatic carbocycles. The number of benzene rings is 2. The molecule has 5 nitrogen and oxygen atoms in total. The van der Waals surface area contributed by atoms with Crippen LogP contribution in [-0.2, 0) is 21.0 Å². The average molecular weight is 449 g/mol. The number of aryl methyl sites for hydroxylation is 1. The number of anilines is 1. The van der Waals surface area contributed by atoms with Gasteiger partial charge >= 0.3 is 6.18 Å². The highest BCUT2D eigenvalue weighted by Gasteiger charge is 2.41. The summed E-state index contributed by atoms with van der Waals surface area (Å²) in [5.41, 5.74) is 0.0363. The monoisotopic (exact) mass is 448 g/mol. The molecule has 2 aromatic rings. The van der Waals surface area contributed by atoms with Gasteiger partial charge in [0.25, 0.3) is 0 Å². The molecule has 0 heterocycles. The number of nitrogens with one attached hydrogen (secondary N) is 1. The van der Waals surface area contributed by atoms with Crippen molar-refractivity contribution in [1.29, 1.82) is 0 Å². The third-order valence-electron chi connectivity index (χ3n) is 4.28. The van der Waals surface area contributed by atoms with Crippen molar-refractivity contribution in [2.45, 2.75) is 37.9 Å². The summed E-state index contributed by atoms with van der Waals surface area (Å²) < 4.78 is 66.8. The first kappa shape index (κ1) is 23.2.